The molecular weight excluding hydrogens is 126 g/mol. The molecule has 0 amide bonds. The Bertz CT molecular complexity index is 225. The van der Waals surface area contributed by atoms with Crippen molar-refractivity contribution in [3.05, 3.63) is 30.3 Å². The second-order valence-corrected chi connectivity index (χ2v) is 1.67. The fourth-order valence-electron chi connectivity index (χ4n) is 0.577. The number of hydrogen-bond acceptors (Lipinski definition) is 2. The molecule has 0 aliphatic carbocycles. The number of ether oxygens (including phenoxy) is 1. The van der Waals surface area contributed by atoms with Gasteiger partial charge in [-0.15, -0.1) is 0 Å². The monoisotopic (exact) mass is 132 g/mol. The first-order valence-electron chi connectivity index (χ1n) is 2.90. The summed E-state index contributed by atoms with van der Waals surface area (Å²) in [6, 6.07) is 11.9. The van der Waals surface area contributed by atoms with Gasteiger partial charge in [0.2, 0.25) is 0 Å². The molecule has 0 unspecified atom stereocenters. The molecule has 0 aromatic heterocycles. The second-order valence-electron chi connectivity index (χ2n) is 1.67. The predicted molar refractivity (Wildman–Crippen MR) is 36.4 cm³/mol. The van der Waals surface area contributed by atoms with Crippen LogP contribution in [0.4, 0.5) is 0 Å². The summed E-state index contributed by atoms with van der Waals surface area (Å²) in [5.74, 6) is 0.615. The Morgan fingerprint density at radius 3 is 3.10 bits per heavy atom. The summed E-state index contributed by atoms with van der Waals surface area (Å²) in [5, 5.41) is 8.14. The Kier molecular flexibility index (Phi) is 2.33. The number of nitrogens with zero attached hydrogens (tertiary/aromatic N) is 1. The van der Waals surface area contributed by atoms with Crippen molar-refractivity contribution in [2.24, 2.45) is 0 Å². The van der Waals surface area contributed by atoms with Crippen LogP contribution in [0.15, 0.2) is 24.3 Å². The fraction of sp³-hybridized carbons (Fsp3) is 0.125. The van der Waals surface area contributed by atoms with Crippen LogP contribution in [0.3, 0.4) is 0 Å². The van der Waals surface area contributed by atoms with E-state index in [1.54, 1.807) is 12.1 Å². The molecule has 49 valence electrons. The molecule has 1 radical (unpaired) electrons. The smallest absolute Gasteiger partial charge is 0.174 e. The van der Waals surface area contributed by atoms with Crippen molar-refractivity contribution in [2.75, 3.05) is 6.61 Å². The molecule has 0 N–H and O–H groups in total. The van der Waals surface area contributed by atoms with E-state index in [1.165, 1.54) is 0 Å². The molecule has 0 aliphatic rings. The van der Waals surface area contributed by atoms with Crippen molar-refractivity contribution in [2.45, 2.75) is 0 Å². The Morgan fingerprint density at radius 1 is 1.60 bits per heavy atom. The summed E-state index contributed by atoms with van der Waals surface area (Å²) >= 11 is 0. The van der Waals surface area contributed by atoms with Gasteiger partial charge in [0.05, 0.1) is 0 Å². The molecule has 0 bridgehead atoms. The second kappa shape index (κ2) is 3.52. The first-order chi connectivity index (χ1) is 4.93. The molecule has 1 aromatic rings. The summed E-state index contributed by atoms with van der Waals surface area (Å²) in [6.45, 7) is 0.0838. The number of hydrogen-bond donors (Lipinski definition) is 0. The molecule has 0 saturated heterocycles. The van der Waals surface area contributed by atoms with Gasteiger partial charge in [-0.2, -0.15) is 5.26 Å². The first-order valence-corrected chi connectivity index (χ1v) is 2.90. The third kappa shape index (κ3) is 1.79. The SMILES string of the molecule is N#CCOc1[c]cccc1. The summed E-state index contributed by atoms with van der Waals surface area (Å²) < 4.78 is 4.94. The fourth-order valence-corrected chi connectivity index (χ4v) is 0.577. The standard InChI is InChI=1S/C8H6NO/c9-6-7-10-8-4-2-1-3-5-8/h1-4H,7H2. The Morgan fingerprint density at radius 2 is 2.50 bits per heavy atom. The van der Waals surface area contributed by atoms with E-state index >= 15 is 0 Å². The maximum atomic E-state index is 8.14. The zero-order chi connectivity index (χ0) is 7.23. The number of benzene rings is 1. The van der Waals surface area contributed by atoms with E-state index in [1.807, 2.05) is 18.2 Å². The zero-order valence-electron chi connectivity index (χ0n) is 5.37. The van der Waals surface area contributed by atoms with Gasteiger partial charge in [-0.1, -0.05) is 18.2 Å². The predicted octanol–water partition coefficient (Wildman–Crippen LogP) is 1.39. The lowest BCUT2D eigenvalue weighted by Gasteiger charge is -1.96. The van der Waals surface area contributed by atoms with Crippen LogP contribution >= 0.6 is 0 Å². The van der Waals surface area contributed by atoms with Gasteiger partial charge in [0.25, 0.3) is 0 Å². The lowest BCUT2D eigenvalue weighted by atomic mass is 10.3. The van der Waals surface area contributed by atoms with E-state index in [4.69, 9.17) is 10.00 Å². The van der Waals surface area contributed by atoms with E-state index in [0.717, 1.165) is 0 Å². The van der Waals surface area contributed by atoms with Crippen molar-refractivity contribution in [1.82, 2.24) is 0 Å². The third-order valence-electron chi connectivity index (χ3n) is 0.973. The summed E-state index contributed by atoms with van der Waals surface area (Å²) in [4.78, 5) is 0. The van der Waals surface area contributed by atoms with Crippen LogP contribution in [0, 0.1) is 17.4 Å². The van der Waals surface area contributed by atoms with E-state index in [2.05, 4.69) is 6.07 Å². The summed E-state index contributed by atoms with van der Waals surface area (Å²) in [6.07, 6.45) is 0. The number of nitriles is 1. The van der Waals surface area contributed by atoms with E-state index in [-0.39, 0.29) is 6.61 Å². The lowest BCUT2D eigenvalue weighted by Crippen LogP contribution is -1.92. The highest BCUT2D eigenvalue weighted by atomic mass is 16.5. The van der Waals surface area contributed by atoms with Crippen LogP contribution in [0.25, 0.3) is 0 Å². The van der Waals surface area contributed by atoms with Gasteiger partial charge in [0, 0.05) is 6.07 Å². The van der Waals surface area contributed by atoms with Crippen LogP contribution in [-0.4, -0.2) is 6.61 Å². The number of rotatable bonds is 2. The average Bonchev–Trinajstić information content (AvgIpc) is 2.03. The zero-order valence-corrected chi connectivity index (χ0v) is 5.37. The topological polar surface area (TPSA) is 33.0 Å². The maximum Gasteiger partial charge on any atom is 0.174 e. The highest BCUT2D eigenvalue weighted by Crippen LogP contribution is 2.05. The molecule has 0 spiro atoms. The largest absolute Gasteiger partial charge is 0.478 e. The van der Waals surface area contributed by atoms with Gasteiger partial charge < -0.3 is 4.74 Å². The summed E-state index contributed by atoms with van der Waals surface area (Å²) in [5.41, 5.74) is 0. The van der Waals surface area contributed by atoms with E-state index < -0.39 is 0 Å². The molecule has 1 aromatic carbocycles. The first kappa shape index (κ1) is 6.63. The van der Waals surface area contributed by atoms with E-state index in [0.29, 0.717) is 5.75 Å². The van der Waals surface area contributed by atoms with Crippen molar-refractivity contribution in [3.63, 3.8) is 0 Å². The molecule has 0 fully saturated rings. The van der Waals surface area contributed by atoms with Crippen LogP contribution in [0.2, 0.25) is 0 Å². The van der Waals surface area contributed by atoms with Crippen molar-refractivity contribution < 1.29 is 4.74 Å². The molecule has 0 atom stereocenters. The summed E-state index contributed by atoms with van der Waals surface area (Å²) in [7, 11) is 0. The molecule has 0 aliphatic heterocycles. The quantitative estimate of drug-likeness (QED) is 0.609. The lowest BCUT2D eigenvalue weighted by molar-refractivity contribution is 0.367. The van der Waals surface area contributed by atoms with Gasteiger partial charge in [0.1, 0.15) is 11.8 Å². The van der Waals surface area contributed by atoms with Gasteiger partial charge in [0.15, 0.2) is 6.61 Å². The molecule has 2 heteroatoms. The minimum Gasteiger partial charge on any atom is -0.478 e. The van der Waals surface area contributed by atoms with Gasteiger partial charge in [-0.05, 0) is 6.07 Å². The van der Waals surface area contributed by atoms with Crippen molar-refractivity contribution in [1.29, 1.82) is 5.26 Å². The van der Waals surface area contributed by atoms with E-state index in [9.17, 15) is 0 Å². The Hall–Kier alpha value is -1.49. The number of para-hydroxylation sites is 1. The Labute approximate surface area is 59.7 Å². The average molecular weight is 132 g/mol. The Balaban J connectivity index is 2.52. The van der Waals surface area contributed by atoms with Crippen LogP contribution in [0.1, 0.15) is 0 Å². The molecule has 1 rings (SSSR count). The van der Waals surface area contributed by atoms with Crippen LogP contribution in [-0.2, 0) is 0 Å². The minimum absolute atomic E-state index is 0.0838. The van der Waals surface area contributed by atoms with Crippen molar-refractivity contribution >= 4 is 0 Å². The minimum atomic E-state index is 0.0838. The van der Waals surface area contributed by atoms with Gasteiger partial charge in [-0.25, -0.2) is 0 Å². The molecule has 10 heavy (non-hydrogen) atoms. The van der Waals surface area contributed by atoms with Crippen LogP contribution < -0.4 is 4.74 Å². The highest BCUT2D eigenvalue weighted by molar-refractivity contribution is 5.19. The van der Waals surface area contributed by atoms with Gasteiger partial charge >= 0.3 is 0 Å². The van der Waals surface area contributed by atoms with Crippen LogP contribution in [0.5, 0.6) is 5.75 Å². The normalized spacial score (nSPS) is 8.30. The maximum absolute atomic E-state index is 8.14. The highest BCUT2D eigenvalue weighted by Gasteiger charge is 1.87. The molecule has 0 saturated carbocycles. The molecular formula is C8H6NO. The molecule has 0 heterocycles. The molecule has 2 nitrogen and oxygen atoms in total. The van der Waals surface area contributed by atoms with Crippen molar-refractivity contribution in [3.8, 4) is 11.8 Å². The van der Waals surface area contributed by atoms with Gasteiger partial charge in [-0.3, -0.25) is 0 Å². The third-order valence-corrected chi connectivity index (χ3v) is 0.973.